The molecule has 0 aliphatic heterocycles. The number of hydrogen-bond donors (Lipinski definition) is 2. The van der Waals surface area contributed by atoms with E-state index in [9.17, 15) is 4.79 Å². The number of carbonyl (C=O) groups excluding carboxylic acids is 1. The molecule has 1 heterocycles. The maximum Gasteiger partial charge on any atom is 0.255 e. The highest BCUT2D eigenvalue weighted by molar-refractivity contribution is 6.04. The van der Waals surface area contributed by atoms with E-state index in [1.54, 1.807) is 0 Å². The standard InChI is InChI=1S/C24H22N2O/c1-2-5-17-8-10-19(11-9-17)24(27)25-21-14-12-18(13-15-21)23-16-20-6-3-4-7-22(20)26-23/h3-4,6-16,26H,2,5H2,1H3,(H,25,27). The lowest BCUT2D eigenvalue weighted by Crippen LogP contribution is -2.11. The number of amides is 1. The van der Waals surface area contributed by atoms with Gasteiger partial charge >= 0.3 is 0 Å². The van der Waals surface area contributed by atoms with Gasteiger partial charge in [0.1, 0.15) is 0 Å². The molecule has 0 bridgehead atoms. The number of para-hydroxylation sites is 1. The Balaban J connectivity index is 1.47. The molecule has 4 aromatic rings. The van der Waals surface area contributed by atoms with Crippen LogP contribution in [0.4, 0.5) is 5.69 Å². The van der Waals surface area contributed by atoms with Crippen molar-refractivity contribution in [1.82, 2.24) is 4.98 Å². The van der Waals surface area contributed by atoms with E-state index in [1.165, 1.54) is 10.9 Å². The zero-order valence-electron chi connectivity index (χ0n) is 15.3. The minimum Gasteiger partial charge on any atom is -0.355 e. The molecule has 3 aromatic carbocycles. The third-order valence-electron chi connectivity index (χ3n) is 4.74. The van der Waals surface area contributed by atoms with Gasteiger partial charge in [-0.05, 0) is 53.9 Å². The Kier molecular flexibility index (Phi) is 4.75. The monoisotopic (exact) mass is 354 g/mol. The van der Waals surface area contributed by atoms with Crippen LogP contribution in [0.15, 0.2) is 78.9 Å². The van der Waals surface area contributed by atoms with Gasteiger partial charge in [0.15, 0.2) is 0 Å². The predicted octanol–water partition coefficient (Wildman–Crippen LogP) is 6.04. The van der Waals surface area contributed by atoms with Gasteiger partial charge in [0.2, 0.25) is 0 Å². The lowest BCUT2D eigenvalue weighted by Gasteiger charge is -2.07. The van der Waals surface area contributed by atoms with Gasteiger partial charge in [-0.15, -0.1) is 0 Å². The predicted molar refractivity (Wildman–Crippen MR) is 112 cm³/mol. The largest absolute Gasteiger partial charge is 0.355 e. The Morgan fingerprint density at radius 1 is 0.926 bits per heavy atom. The molecule has 3 heteroatoms. The highest BCUT2D eigenvalue weighted by Crippen LogP contribution is 2.25. The number of hydrogen-bond acceptors (Lipinski definition) is 1. The molecular weight excluding hydrogens is 332 g/mol. The van der Waals surface area contributed by atoms with Gasteiger partial charge in [-0.2, -0.15) is 0 Å². The summed E-state index contributed by atoms with van der Waals surface area (Å²) in [5.74, 6) is -0.0867. The molecule has 1 aromatic heterocycles. The van der Waals surface area contributed by atoms with Gasteiger partial charge in [-0.25, -0.2) is 0 Å². The van der Waals surface area contributed by atoms with E-state index < -0.39 is 0 Å². The van der Waals surface area contributed by atoms with Crippen molar-refractivity contribution in [2.45, 2.75) is 19.8 Å². The Bertz CT molecular complexity index is 1030. The van der Waals surface area contributed by atoms with Crippen molar-refractivity contribution in [3.8, 4) is 11.3 Å². The van der Waals surface area contributed by atoms with Crippen LogP contribution in [0, 0.1) is 0 Å². The van der Waals surface area contributed by atoms with E-state index >= 15 is 0 Å². The van der Waals surface area contributed by atoms with Crippen LogP contribution < -0.4 is 5.32 Å². The first kappa shape index (κ1) is 17.1. The quantitative estimate of drug-likeness (QED) is 0.451. The summed E-state index contributed by atoms with van der Waals surface area (Å²) >= 11 is 0. The molecule has 0 atom stereocenters. The van der Waals surface area contributed by atoms with Gasteiger partial charge in [0.25, 0.3) is 5.91 Å². The third-order valence-corrected chi connectivity index (χ3v) is 4.74. The molecular formula is C24H22N2O. The molecule has 0 aliphatic carbocycles. The van der Waals surface area contributed by atoms with Crippen molar-refractivity contribution in [3.05, 3.63) is 90.0 Å². The molecule has 0 unspecified atom stereocenters. The first-order valence-corrected chi connectivity index (χ1v) is 9.31. The van der Waals surface area contributed by atoms with Crippen LogP contribution in [-0.2, 0) is 6.42 Å². The smallest absolute Gasteiger partial charge is 0.255 e. The van der Waals surface area contributed by atoms with E-state index in [-0.39, 0.29) is 5.91 Å². The molecule has 3 nitrogen and oxygen atoms in total. The number of aryl methyl sites for hydroxylation is 1. The van der Waals surface area contributed by atoms with Gasteiger partial charge in [-0.1, -0.05) is 55.8 Å². The zero-order valence-corrected chi connectivity index (χ0v) is 15.3. The van der Waals surface area contributed by atoms with Gasteiger partial charge in [0.05, 0.1) is 0 Å². The first-order valence-electron chi connectivity index (χ1n) is 9.31. The number of benzene rings is 3. The van der Waals surface area contributed by atoms with Crippen LogP contribution in [0.1, 0.15) is 29.3 Å². The number of H-pyrrole nitrogens is 1. The highest BCUT2D eigenvalue weighted by Gasteiger charge is 2.07. The lowest BCUT2D eigenvalue weighted by atomic mass is 10.1. The normalized spacial score (nSPS) is 10.9. The molecule has 1 amide bonds. The Morgan fingerprint density at radius 3 is 2.37 bits per heavy atom. The van der Waals surface area contributed by atoms with E-state index in [1.807, 2.05) is 60.7 Å². The minimum atomic E-state index is -0.0867. The van der Waals surface area contributed by atoms with Crippen molar-refractivity contribution in [3.63, 3.8) is 0 Å². The molecule has 0 saturated heterocycles. The second-order valence-electron chi connectivity index (χ2n) is 6.75. The van der Waals surface area contributed by atoms with Gasteiger partial charge < -0.3 is 10.3 Å². The van der Waals surface area contributed by atoms with E-state index in [0.29, 0.717) is 5.56 Å². The van der Waals surface area contributed by atoms with Crippen molar-refractivity contribution in [1.29, 1.82) is 0 Å². The summed E-state index contributed by atoms with van der Waals surface area (Å²) in [6.07, 6.45) is 2.14. The Hall–Kier alpha value is -3.33. The maximum absolute atomic E-state index is 12.4. The summed E-state index contributed by atoms with van der Waals surface area (Å²) in [5, 5.41) is 4.16. The van der Waals surface area contributed by atoms with E-state index in [0.717, 1.165) is 35.3 Å². The number of rotatable bonds is 5. The fourth-order valence-corrected chi connectivity index (χ4v) is 3.28. The summed E-state index contributed by atoms with van der Waals surface area (Å²) in [7, 11) is 0. The van der Waals surface area contributed by atoms with Crippen molar-refractivity contribution < 1.29 is 4.79 Å². The number of nitrogens with one attached hydrogen (secondary N) is 2. The summed E-state index contributed by atoms with van der Waals surface area (Å²) in [6, 6.07) is 26.1. The first-order chi connectivity index (χ1) is 13.2. The van der Waals surface area contributed by atoms with Crippen LogP contribution in [0.2, 0.25) is 0 Å². The Morgan fingerprint density at radius 2 is 1.67 bits per heavy atom. The molecule has 0 radical (unpaired) electrons. The van der Waals surface area contributed by atoms with Gasteiger partial charge in [0, 0.05) is 27.8 Å². The zero-order chi connectivity index (χ0) is 18.6. The number of carbonyl (C=O) groups is 1. The van der Waals surface area contributed by atoms with Crippen LogP contribution in [0.5, 0.6) is 0 Å². The highest BCUT2D eigenvalue weighted by atomic mass is 16.1. The second kappa shape index (κ2) is 7.50. The molecule has 2 N–H and O–H groups in total. The summed E-state index contributed by atoms with van der Waals surface area (Å²) in [5.41, 5.74) is 6.01. The van der Waals surface area contributed by atoms with E-state index in [4.69, 9.17) is 0 Å². The number of aromatic nitrogens is 1. The number of aromatic amines is 1. The number of fused-ring (bicyclic) bond motifs is 1. The third kappa shape index (κ3) is 3.77. The van der Waals surface area contributed by atoms with Crippen LogP contribution in [-0.4, -0.2) is 10.9 Å². The molecule has 0 aliphatic rings. The molecule has 27 heavy (non-hydrogen) atoms. The molecule has 0 saturated carbocycles. The van der Waals surface area contributed by atoms with Crippen LogP contribution in [0.25, 0.3) is 22.2 Å². The summed E-state index contributed by atoms with van der Waals surface area (Å²) in [6.45, 7) is 2.15. The average Bonchev–Trinajstić information content (AvgIpc) is 3.13. The molecule has 134 valence electrons. The van der Waals surface area contributed by atoms with E-state index in [2.05, 4.69) is 35.4 Å². The summed E-state index contributed by atoms with van der Waals surface area (Å²) in [4.78, 5) is 15.9. The molecule has 0 spiro atoms. The molecule has 4 rings (SSSR count). The van der Waals surface area contributed by atoms with Crippen molar-refractivity contribution >= 4 is 22.5 Å². The average molecular weight is 354 g/mol. The minimum absolute atomic E-state index is 0.0867. The molecule has 0 fully saturated rings. The number of anilines is 1. The topological polar surface area (TPSA) is 44.9 Å². The SMILES string of the molecule is CCCc1ccc(C(=O)Nc2ccc(-c3cc4ccccc4[nH]3)cc2)cc1. The van der Waals surface area contributed by atoms with Crippen LogP contribution >= 0.6 is 0 Å². The fraction of sp³-hybridized carbons (Fsp3) is 0.125. The van der Waals surface area contributed by atoms with Crippen molar-refractivity contribution in [2.24, 2.45) is 0 Å². The van der Waals surface area contributed by atoms with Gasteiger partial charge in [-0.3, -0.25) is 4.79 Å². The Labute approximate surface area is 159 Å². The summed E-state index contributed by atoms with van der Waals surface area (Å²) < 4.78 is 0. The lowest BCUT2D eigenvalue weighted by molar-refractivity contribution is 0.102. The van der Waals surface area contributed by atoms with Crippen molar-refractivity contribution in [2.75, 3.05) is 5.32 Å². The second-order valence-corrected chi connectivity index (χ2v) is 6.75. The van der Waals surface area contributed by atoms with Crippen LogP contribution in [0.3, 0.4) is 0 Å². The fourth-order valence-electron chi connectivity index (χ4n) is 3.28. The maximum atomic E-state index is 12.4.